The molecule has 0 bridgehead atoms. The zero-order valence-corrected chi connectivity index (χ0v) is 15.2. The molecule has 0 saturated heterocycles. The van der Waals surface area contributed by atoms with E-state index in [0.717, 1.165) is 18.9 Å². The van der Waals surface area contributed by atoms with Crippen LogP contribution >= 0.6 is 0 Å². The number of esters is 1. The number of methoxy groups -OCH3 is 1. The van der Waals surface area contributed by atoms with Crippen molar-refractivity contribution in [3.8, 4) is 0 Å². The number of aromatic nitrogens is 2. The molecule has 7 nitrogen and oxygen atoms in total. The Hall–Kier alpha value is -3.01. The van der Waals surface area contributed by atoms with Gasteiger partial charge in [-0.1, -0.05) is 6.07 Å². The van der Waals surface area contributed by atoms with Gasteiger partial charge >= 0.3 is 12.1 Å². The number of alkyl halides is 3. The first-order valence-corrected chi connectivity index (χ1v) is 8.17. The normalized spacial score (nSPS) is 13.6. The van der Waals surface area contributed by atoms with Crippen molar-refractivity contribution in [2.75, 3.05) is 7.11 Å². The summed E-state index contributed by atoms with van der Waals surface area (Å²) in [5, 5.41) is 1.78. The number of hydrogen-bond donors (Lipinski definition) is 1. The van der Waals surface area contributed by atoms with Gasteiger partial charge in [0.1, 0.15) is 0 Å². The van der Waals surface area contributed by atoms with E-state index in [1.54, 1.807) is 17.4 Å². The fraction of sp³-hybridized carbons (Fsp3) is 0.333. The molecule has 0 saturated carbocycles. The summed E-state index contributed by atoms with van der Waals surface area (Å²) in [5.41, 5.74) is -2.51. The van der Waals surface area contributed by atoms with Crippen LogP contribution in [0.25, 0.3) is 0 Å². The van der Waals surface area contributed by atoms with E-state index in [1.165, 1.54) is 36.9 Å². The molecule has 28 heavy (non-hydrogen) atoms. The molecule has 0 spiro atoms. The highest BCUT2D eigenvalue weighted by Crippen LogP contribution is 2.37. The quantitative estimate of drug-likeness (QED) is 0.570. The minimum absolute atomic E-state index is 0.313. The molecule has 1 atom stereocenters. The number of carbonyl (C=O) groups is 2. The second-order valence-electron chi connectivity index (χ2n) is 5.95. The molecule has 0 fully saturated rings. The first-order valence-electron chi connectivity index (χ1n) is 8.17. The third-order valence-electron chi connectivity index (χ3n) is 3.94. The largest absolute Gasteiger partial charge is 0.466 e. The second-order valence-corrected chi connectivity index (χ2v) is 5.95. The first-order chi connectivity index (χ1) is 13.2. The monoisotopic (exact) mass is 396 g/mol. The van der Waals surface area contributed by atoms with Crippen LogP contribution in [0.2, 0.25) is 0 Å². The highest BCUT2D eigenvalue weighted by Gasteiger charge is 2.66. The molecular weight excluding hydrogens is 377 g/mol. The first kappa shape index (κ1) is 21.3. The number of nitrogens with zero attached hydrogens (tertiary/aromatic N) is 3. The minimum atomic E-state index is -5.17. The van der Waals surface area contributed by atoms with Gasteiger partial charge in [-0.2, -0.15) is 13.2 Å². The SMILES string of the molecule is COC(=O)C(NC(C)=O)(N(Cc1ccncc1)Cc1cccnc1)C(F)(F)F. The standard InChI is InChI=1S/C18H19F3N4O3/c1-13(26)24-17(16(27)28-2,18(19,20)21)25(11-14-5-8-22-9-6-14)12-15-4-3-7-23-10-15/h3-10H,11-12H2,1-2H3,(H,24,26). The Kier molecular flexibility index (Phi) is 6.68. The van der Waals surface area contributed by atoms with Crippen molar-refractivity contribution in [2.45, 2.75) is 31.9 Å². The Bertz CT molecular complexity index is 761. The molecule has 10 heteroatoms. The van der Waals surface area contributed by atoms with Crippen molar-refractivity contribution < 1.29 is 27.5 Å². The Balaban J connectivity index is 2.61. The fourth-order valence-corrected chi connectivity index (χ4v) is 2.74. The van der Waals surface area contributed by atoms with E-state index in [1.807, 2.05) is 0 Å². The number of ether oxygens (including phenoxy) is 1. The van der Waals surface area contributed by atoms with Crippen LogP contribution in [0.5, 0.6) is 0 Å². The summed E-state index contributed by atoms with van der Waals surface area (Å²) in [4.78, 5) is 32.6. The van der Waals surface area contributed by atoms with Gasteiger partial charge < -0.3 is 10.1 Å². The Morgan fingerprint density at radius 2 is 1.71 bits per heavy atom. The molecule has 1 amide bonds. The maximum Gasteiger partial charge on any atom is 0.436 e. The van der Waals surface area contributed by atoms with Gasteiger partial charge in [0.2, 0.25) is 5.91 Å². The summed E-state index contributed by atoms with van der Waals surface area (Å²) in [6, 6.07) is 6.16. The smallest absolute Gasteiger partial charge is 0.436 e. The summed E-state index contributed by atoms with van der Waals surface area (Å²) >= 11 is 0. The molecule has 2 rings (SSSR count). The number of nitrogens with one attached hydrogen (secondary N) is 1. The van der Waals surface area contributed by atoms with Crippen molar-refractivity contribution in [1.29, 1.82) is 0 Å². The van der Waals surface area contributed by atoms with Gasteiger partial charge in [-0.25, -0.2) is 4.79 Å². The topological polar surface area (TPSA) is 84.4 Å². The van der Waals surface area contributed by atoms with Crippen molar-refractivity contribution in [3.05, 3.63) is 60.2 Å². The van der Waals surface area contributed by atoms with E-state index < -0.39 is 23.7 Å². The average Bonchev–Trinajstić information content (AvgIpc) is 2.65. The van der Waals surface area contributed by atoms with Gasteiger partial charge in [-0.3, -0.25) is 19.7 Å². The van der Waals surface area contributed by atoms with Crippen LogP contribution in [-0.4, -0.2) is 45.7 Å². The van der Waals surface area contributed by atoms with Gasteiger partial charge in [0, 0.05) is 44.8 Å². The van der Waals surface area contributed by atoms with Gasteiger partial charge in [0.05, 0.1) is 7.11 Å². The summed E-state index contributed by atoms with van der Waals surface area (Å²) in [6.45, 7) is 0.259. The molecule has 0 aromatic carbocycles. The summed E-state index contributed by atoms with van der Waals surface area (Å²) in [5.74, 6) is -2.68. The lowest BCUT2D eigenvalue weighted by Crippen LogP contribution is -2.72. The Morgan fingerprint density at radius 1 is 1.07 bits per heavy atom. The Morgan fingerprint density at radius 3 is 2.21 bits per heavy atom. The van der Waals surface area contributed by atoms with Crippen LogP contribution < -0.4 is 5.32 Å². The number of carbonyl (C=O) groups excluding carboxylic acids is 2. The lowest BCUT2D eigenvalue weighted by molar-refractivity contribution is -0.251. The Labute approximate surface area is 159 Å². The van der Waals surface area contributed by atoms with E-state index in [-0.39, 0.29) is 13.1 Å². The predicted molar refractivity (Wildman–Crippen MR) is 92.3 cm³/mol. The summed E-state index contributed by atoms with van der Waals surface area (Å²) in [6.07, 6.45) is 0.529. The van der Waals surface area contributed by atoms with E-state index in [2.05, 4.69) is 14.7 Å². The number of halogens is 3. The second kappa shape index (κ2) is 8.79. The van der Waals surface area contributed by atoms with Crippen LogP contribution in [0.1, 0.15) is 18.1 Å². The van der Waals surface area contributed by atoms with Crippen LogP contribution in [0.3, 0.4) is 0 Å². The number of pyridine rings is 2. The molecule has 2 aromatic heterocycles. The minimum Gasteiger partial charge on any atom is -0.466 e. The molecule has 2 heterocycles. The molecule has 0 aliphatic carbocycles. The highest BCUT2D eigenvalue weighted by molar-refractivity contribution is 5.87. The van der Waals surface area contributed by atoms with Gasteiger partial charge in [-0.15, -0.1) is 0 Å². The molecule has 1 N–H and O–H groups in total. The zero-order chi connectivity index (χ0) is 20.8. The third kappa shape index (κ3) is 4.63. The number of hydrogen-bond acceptors (Lipinski definition) is 6. The maximum absolute atomic E-state index is 14.2. The average molecular weight is 396 g/mol. The molecule has 1 unspecified atom stereocenters. The van der Waals surface area contributed by atoms with E-state index in [4.69, 9.17) is 0 Å². The summed E-state index contributed by atoms with van der Waals surface area (Å²) < 4.78 is 47.2. The molecule has 0 aliphatic rings. The van der Waals surface area contributed by atoms with Crippen molar-refractivity contribution in [2.24, 2.45) is 0 Å². The fourth-order valence-electron chi connectivity index (χ4n) is 2.74. The van der Waals surface area contributed by atoms with Gasteiger partial charge in [0.25, 0.3) is 5.66 Å². The third-order valence-corrected chi connectivity index (χ3v) is 3.94. The van der Waals surface area contributed by atoms with E-state index >= 15 is 0 Å². The molecule has 150 valence electrons. The van der Waals surface area contributed by atoms with Crippen molar-refractivity contribution in [1.82, 2.24) is 20.2 Å². The van der Waals surface area contributed by atoms with Crippen molar-refractivity contribution >= 4 is 11.9 Å². The predicted octanol–water partition coefficient (Wildman–Crippen LogP) is 2.05. The van der Waals surface area contributed by atoms with E-state index in [0.29, 0.717) is 11.1 Å². The number of amides is 1. The summed E-state index contributed by atoms with van der Waals surface area (Å²) in [7, 11) is 0.833. The van der Waals surface area contributed by atoms with Gasteiger partial charge in [-0.05, 0) is 29.3 Å². The highest BCUT2D eigenvalue weighted by atomic mass is 19.4. The molecule has 2 aromatic rings. The molecular formula is C18H19F3N4O3. The molecule has 0 aliphatic heterocycles. The van der Waals surface area contributed by atoms with Crippen LogP contribution in [0, 0.1) is 0 Å². The van der Waals surface area contributed by atoms with Crippen molar-refractivity contribution in [3.63, 3.8) is 0 Å². The van der Waals surface area contributed by atoms with Crippen LogP contribution in [-0.2, 0) is 27.4 Å². The molecule has 0 radical (unpaired) electrons. The lowest BCUT2D eigenvalue weighted by Gasteiger charge is -2.42. The lowest BCUT2D eigenvalue weighted by atomic mass is 10.0. The van der Waals surface area contributed by atoms with E-state index in [9.17, 15) is 22.8 Å². The van der Waals surface area contributed by atoms with Crippen LogP contribution in [0.15, 0.2) is 49.1 Å². The number of rotatable bonds is 7. The zero-order valence-electron chi connectivity index (χ0n) is 15.2. The maximum atomic E-state index is 14.2. The van der Waals surface area contributed by atoms with Gasteiger partial charge in [0.15, 0.2) is 0 Å². The van der Waals surface area contributed by atoms with Crippen LogP contribution in [0.4, 0.5) is 13.2 Å².